The highest BCUT2D eigenvalue weighted by atomic mass is 16.5. The molecule has 0 radical (unpaired) electrons. The van der Waals surface area contributed by atoms with Crippen LogP contribution in [0.1, 0.15) is 29.9 Å². The van der Waals surface area contributed by atoms with E-state index in [4.69, 9.17) is 4.74 Å². The fourth-order valence-corrected chi connectivity index (χ4v) is 3.09. The molecule has 2 heterocycles. The van der Waals surface area contributed by atoms with Crippen molar-refractivity contribution >= 4 is 0 Å². The van der Waals surface area contributed by atoms with Gasteiger partial charge in [-0.25, -0.2) is 0 Å². The molecule has 3 rings (SSSR count). The molecule has 0 amide bonds. The first-order chi connectivity index (χ1) is 9.42. The van der Waals surface area contributed by atoms with Crippen molar-refractivity contribution < 1.29 is 4.74 Å². The van der Waals surface area contributed by atoms with Crippen molar-refractivity contribution in [1.82, 2.24) is 10.6 Å². The Hall–Kier alpha value is -0.900. The predicted octanol–water partition coefficient (Wildman–Crippen LogP) is 1.68. The van der Waals surface area contributed by atoms with Crippen LogP contribution in [0.25, 0.3) is 0 Å². The third-order valence-electron chi connectivity index (χ3n) is 4.26. The van der Waals surface area contributed by atoms with Gasteiger partial charge in [-0.3, -0.25) is 0 Å². The van der Waals surface area contributed by atoms with Crippen molar-refractivity contribution in [2.45, 2.75) is 31.3 Å². The van der Waals surface area contributed by atoms with Crippen LogP contribution in [0, 0.1) is 0 Å². The lowest BCUT2D eigenvalue weighted by Crippen LogP contribution is -2.39. The molecule has 1 unspecified atom stereocenters. The molecule has 0 spiro atoms. The molecule has 2 saturated heterocycles. The molecule has 0 bridgehead atoms. The zero-order valence-electron chi connectivity index (χ0n) is 11.5. The Kier molecular flexibility index (Phi) is 4.49. The van der Waals surface area contributed by atoms with Gasteiger partial charge < -0.3 is 15.4 Å². The lowest BCUT2D eigenvalue weighted by atomic mass is 9.89. The van der Waals surface area contributed by atoms with Crippen LogP contribution < -0.4 is 10.6 Å². The van der Waals surface area contributed by atoms with E-state index in [0.29, 0.717) is 6.10 Å². The van der Waals surface area contributed by atoms with Crippen LogP contribution in [-0.4, -0.2) is 38.9 Å². The summed E-state index contributed by atoms with van der Waals surface area (Å²) in [5.41, 5.74) is 2.90. The molecule has 0 aromatic heterocycles. The van der Waals surface area contributed by atoms with E-state index in [1.165, 1.54) is 24.0 Å². The minimum absolute atomic E-state index is 0.346. The van der Waals surface area contributed by atoms with Gasteiger partial charge in [0.2, 0.25) is 0 Å². The molecule has 2 fully saturated rings. The number of piperidine rings is 1. The average Bonchev–Trinajstić information content (AvgIpc) is 2.50. The molecule has 3 nitrogen and oxygen atoms in total. The predicted molar refractivity (Wildman–Crippen MR) is 77.6 cm³/mol. The molecule has 0 saturated carbocycles. The highest BCUT2D eigenvalue weighted by Crippen LogP contribution is 2.25. The third-order valence-corrected chi connectivity index (χ3v) is 4.26. The molecule has 0 aliphatic carbocycles. The summed E-state index contributed by atoms with van der Waals surface area (Å²) in [6, 6.07) is 9.22. The van der Waals surface area contributed by atoms with Gasteiger partial charge in [-0.05, 0) is 49.4 Å². The number of nitrogens with one attached hydrogen (secondary N) is 2. The number of hydrogen-bond donors (Lipinski definition) is 2. The van der Waals surface area contributed by atoms with Crippen molar-refractivity contribution in [3.63, 3.8) is 0 Å². The van der Waals surface area contributed by atoms with E-state index in [1.807, 2.05) is 0 Å². The normalized spacial score (nSPS) is 25.4. The summed E-state index contributed by atoms with van der Waals surface area (Å²) in [5, 5.41) is 6.81. The van der Waals surface area contributed by atoms with Crippen LogP contribution in [0.2, 0.25) is 0 Å². The standard InChI is InChI=1S/C16H24N2O/c1-3-14(15-5-7-17-8-6-15)4-2-13(1)11-16-12-18-9-10-19-16/h1-4,15-18H,5-12H2. The van der Waals surface area contributed by atoms with E-state index in [1.54, 1.807) is 0 Å². The molecule has 1 aromatic carbocycles. The molecular formula is C16H24N2O. The van der Waals surface area contributed by atoms with Gasteiger partial charge in [0, 0.05) is 13.1 Å². The van der Waals surface area contributed by atoms with Crippen LogP contribution in [0.3, 0.4) is 0 Å². The lowest BCUT2D eigenvalue weighted by molar-refractivity contribution is 0.0292. The van der Waals surface area contributed by atoms with Gasteiger partial charge in [-0.15, -0.1) is 0 Å². The highest BCUT2D eigenvalue weighted by molar-refractivity contribution is 5.26. The molecule has 1 atom stereocenters. The van der Waals surface area contributed by atoms with E-state index in [-0.39, 0.29) is 0 Å². The average molecular weight is 260 g/mol. The van der Waals surface area contributed by atoms with Crippen molar-refractivity contribution in [2.24, 2.45) is 0 Å². The topological polar surface area (TPSA) is 33.3 Å². The quantitative estimate of drug-likeness (QED) is 0.867. The second kappa shape index (κ2) is 6.51. The zero-order chi connectivity index (χ0) is 12.9. The Morgan fingerprint density at radius 2 is 1.79 bits per heavy atom. The number of morpholine rings is 1. The highest BCUT2D eigenvalue weighted by Gasteiger charge is 2.16. The molecule has 3 heteroatoms. The smallest absolute Gasteiger partial charge is 0.0740 e. The van der Waals surface area contributed by atoms with E-state index < -0.39 is 0 Å². The van der Waals surface area contributed by atoms with Gasteiger partial charge in [0.05, 0.1) is 12.7 Å². The first kappa shape index (κ1) is 13.1. The lowest BCUT2D eigenvalue weighted by Gasteiger charge is -2.25. The van der Waals surface area contributed by atoms with Gasteiger partial charge in [-0.1, -0.05) is 24.3 Å². The van der Waals surface area contributed by atoms with Gasteiger partial charge in [-0.2, -0.15) is 0 Å². The van der Waals surface area contributed by atoms with E-state index in [0.717, 1.165) is 45.1 Å². The third kappa shape index (κ3) is 3.56. The largest absolute Gasteiger partial charge is 0.375 e. The summed E-state index contributed by atoms with van der Waals surface area (Å²) >= 11 is 0. The number of ether oxygens (including phenoxy) is 1. The van der Waals surface area contributed by atoms with Crippen molar-refractivity contribution in [2.75, 3.05) is 32.8 Å². The fourth-order valence-electron chi connectivity index (χ4n) is 3.09. The first-order valence-corrected chi connectivity index (χ1v) is 7.54. The summed E-state index contributed by atoms with van der Waals surface area (Å²) in [6.45, 7) is 5.14. The zero-order valence-corrected chi connectivity index (χ0v) is 11.5. The van der Waals surface area contributed by atoms with Gasteiger partial charge in [0.1, 0.15) is 0 Å². The molecule has 2 N–H and O–H groups in total. The Morgan fingerprint density at radius 1 is 1.00 bits per heavy atom. The Balaban J connectivity index is 1.58. The molecule has 2 aliphatic heterocycles. The van der Waals surface area contributed by atoms with Crippen LogP contribution in [-0.2, 0) is 11.2 Å². The van der Waals surface area contributed by atoms with E-state index in [2.05, 4.69) is 34.9 Å². The molecular weight excluding hydrogens is 236 g/mol. The van der Waals surface area contributed by atoms with Crippen LogP contribution in [0.15, 0.2) is 24.3 Å². The minimum Gasteiger partial charge on any atom is -0.375 e. The Bertz CT molecular complexity index is 378. The van der Waals surface area contributed by atoms with E-state index >= 15 is 0 Å². The van der Waals surface area contributed by atoms with Crippen LogP contribution in [0.5, 0.6) is 0 Å². The number of rotatable bonds is 3. The van der Waals surface area contributed by atoms with Crippen LogP contribution >= 0.6 is 0 Å². The maximum Gasteiger partial charge on any atom is 0.0740 e. The number of benzene rings is 1. The second-order valence-electron chi connectivity index (χ2n) is 5.67. The van der Waals surface area contributed by atoms with E-state index in [9.17, 15) is 0 Å². The Morgan fingerprint density at radius 3 is 2.47 bits per heavy atom. The Labute approximate surface area is 115 Å². The molecule has 104 valence electrons. The number of hydrogen-bond acceptors (Lipinski definition) is 3. The monoisotopic (exact) mass is 260 g/mol. The summed E-state index contributed by atoms with van der Waals surface area (Å²) in [6.07, 6.45) is 3.92. The molecule has 1 aromatic rings. The first-order valence-electron chi connectivity index (χ1n) is 7.54. The van der Waals surface area contributed by atoms with Crippen LogP contribution in [0.4, 0.5) is 0 Å². The van der Waals surface area contributed by atoms with Gasteiger partial charge >= 0.3 is 0 Å². The summed E-state index contributed by atoms with van der Waals surface area (Å²) < 4.78 is 5.76. The van der Waals surface area contributed by atoms with Crippen molar-refractivity contribution in [3.05, 3.63) is 35.4 Å². The van der Waals surface area contributed by atoms with Gasteiger partial charge in [0.25, 0.3) is 0 Å². The minimum atomic E-state index is 0.346. The summed E-state index contributed by atoms with van der Waals surface area (Å²) in [5.74, 6) is 0.753. The maximum atomic E-state index is 5.76. The fraction of sp³-hybridized carbons (Fsp3) is 0.625. The molecule has 2 aliphatic rings. The van der Waals surface area contributed by atoms with Crippen molar-refractivity contribution in [1.29, 1.82) is 0 Å². The van der Waals surface area contributed by atoms with Gasteiger partial charge in [0.15, 0.2) is 0 Å². The second-order valence-corrected chi connectivity index (χ2v) is 5.67. The maximum absolute atomic E-state index is 5.76. The van der Waals surface area contributed by atoms with Crippen molar-refractivity contribution in [3.8, 4) is 0 Å². The SMILES string of the molecule is c1cc(C2CCNCC2)ccc1CC1CNCCO1. The molecule has 19 heavy (non-hydrogen) atoms. The summed E-state index contributed by atoms with van der Waals surface area (Å²) in [4.78, 5) is 0. The summed E-state index contributed by atoms with van der Waals surface area (Å²) in [7, 11) is 0.